The van der Waals surface area contributed by atoms with Crippen molar-refractivity contribution in [1.29, 1.82) is 0 Å². The summed E-state index contributed by atoms with van der Waals surface area (Å²) in [5.74, 6) is 0. The highest BCUT2D eigenvalue weighted by atomic mass is 79.9. The number of nitrogens with zero attached hydrogens (tertiary/aromatic N) is 1. The van der Waals surface area contributed by atoms with Crippen molar-refractivity contribution < 1.29 is 0 Å². The van der Waals surface area contributed by atoms with Gasteiger partial charge in [0.1, 0.15) is 0 Å². The van der Waals surface area contributed by atoms with Gasteiger partial charge >= 0.3 is 0 Å². The van der Waals surface area contributed by atoms with Crippen LogP contribution in [0.3, 0.4) is 0 Å². The molecule has 3 aliphatic carbocycles. The highest BCUT2D eigenvalue weighted by Gasteiger charge is 2.33. The highest BCUT2D eigenvalue weighted by Crippen LogP contribution is 2.44. The number of halogens is 1. The van der Waals surface area contributed by atoms with Crippen molar-refractivity contribution in [3.63, 3.8) is 0 Å². The van der Waals surface area contributed by atoms with E-state index in [-0.39, 0.29) is 10.8 Å². The Labute approximate surface area is 357 Å². The summed E-state index contributed by atoms with van der Waals surface area (Å²) >= 11 is 3.58. The van der Waals surface area contributed by atoms with E-state index in [1.54, 1.807) is 0 Å². The van der Waals surface area contributed by atoms with Crippen LogP contribution in [0.25, 0.3) is 38.6 Å². The molecule has 8 aromatic carbocycles. The highest BCUT2D eigenvalue weighted by molar-refractivity contribution is 9.10. The molecule has 12 rings (SSSR count). The van der Waals surface area contributed by atoms with Gasteiger partial charge < -0.3 is 4.57 Å². The zero-order valence-corrected chi connectivity index (χ0v) is 35.9. The molecule has 3 aliphatic rings. The van der Waals surface area contributed by atoms with Gasteiger partial charge in [-0.1, -0.05) is 189 Å². The van der Waals surface area contributed by atoms with Gasteiger partial charge in [-0.3, -0.25) is 0 Å². The molecule has 0 bridgehead atoms. The normalized spacial score (nSPS) is 14.6. The molecule has 59 heavy (non-hydrogen) atoms. The smallest absolute Gasteiger partial charge is 0.0541 e. The third-order valence-corrected chi connectivity index (χ3v) is 13.7. The van der Waals surface area contributed by atoms with E-state index in [4.69, 9.17) is 0 Å². The van der Waals surface area contributed by atoms with Crippen LogP contribution in [0, 0.1) is 0 Å². The van der Waals surface area contributed by atoms with Crippen LogP contribution in [0.5, 0.6) is 0 Å². The van der Waals surface area contributed by atoms with E-state index in [9.17, 15) is 0 Å². The van der Waals surface area contributed by atoms with Gasteiger partial charge in [0, 0.05) is 31.8 Å². The van der Waals surface area contributed by atoms with Gasteiger partial charge in [0.2, 0.25) is 0 Å². The first-order valence-corrected chi connectivity index (χ1v) is 21.7. The van der Waals surface area contributed by atoms with E-state index in [1.165, 1.54) is 98.7 Å². The summed E-state index contributed by atoms with van der Waals surface area (Å²) in [6, 6.07) is 66.2. The number of para-hydroxylation sites is 2. The van der Waals surface area contributed by atoms with Crippen LogP contribution < -0.4 is 0 Å². The fourth-order valence-electron chi connectivity index (χ4n) is 10.3. The SMILES string of the molecule is CC1(C)c2ccccc2Cc2ccc(-n3c4ccccc4c4ccccc43)cc21.CC1(C)c2ccccc2Cc2ccc(Br)cc21.c1ccc2c(c1)Cc1ccccc1-2. The first-order chi connectivity index (χ1) is 28.7. The Morgan fingerprint density at radius 2 is 0.763 bits per heavy atom. The van der Waals surface area contributed by atoms with Crippen LogP contribution >= 0.6 is 15.9 Å². The van der Waals surface area contributed by atoms with E-state index >= 15 is 0 Å². The second-order valence-electron chi connectivity index (χ2n) is 17.4. The van der Waals surface area contributed by atoms with Crippen molar-refractivity contribution in [2.45, 2.75) is 57.8 Å². The van der Waals surface area contributed by atoms with Crippen molar-refractivity contribution in [2.75, 3.05) is 0 Å². The standard InChI is InChI=1S/C28H23N.C16H15Br.C13H10/c1-28(2)24-12-6-3-9-19(24)17-20-15-16-21(18-25(20)28)29-26-13-7-4-10-22(26)23-11-5-8-14-27(23)29;1-16(2)14-6-4-3-5-11(14)9-12-7-8-13(17)10-15(12)16;1-3-7-12-10(5-1)9-11-6-2-4-8-13(11)12/h3-16,18H,17H2,1-2H3;3-8,10H,9H2,1-2H3;1-8H,9H2. The van der Waals surface area contributed by atoms with Crippen LogP contribution in [0.2, 0.25) is 0 Å². The maximum absolute atomic E-state index is 3.58. The number of hydrogen-bond donors (Lipinski definition) is 0. The van der Waals surface area contributed by atoms with Gasteiger partial charge in [-0.25, -0.2) is 0 Å². The minimum Gasteiger partial charge on any atom is -0.309 e. The first kappa shape index (κ1) is 37.3. The van der Waals surface area contributed by atoms with Crippen molar-refractivity contribution in [3.8, 4) is 16.8 Å². The lowest BCUT2D eigenvalue weighted by Crippen LogP contribution is -2.27. The Hall–Kier alpha value is -5.96. The summed E-state index contributed by atoms with van der Waals surface area (Å²) in [6.07, 6.45) is 3.18. The average molecular weight is 827 g/mol. The summed E-state index contributed by atoms with van der Waals surface area (Å²) in [5.41, 5.74) is 21.3. The Morgan fingerprint density at radius 1 is 0.373 bits per heavy atom. The summed E-state index contributed by atoms with van der Waals surface area (Å²) in [6.45, 7) is 9.35. The molecule has 0 atom stereocenters. The molecule has 1 heterocycles. The number of aromatic nitrogens is 1. The quantitative estimate of drug-likeness (QED) is 0.155. The first-order valence-electron chi connectivity index (χ1n) is 20.9. The second-order valence-corrected chi connectivity index (χ2v) is 18.3. The topological polar surface area (TPSA) is 4.93 Å². The molecule has 0 amide bonds. The predicted octanol–water partition coefficient (Wildman–Crippen LogP) is 15.0. The van der Waals surface area contributed by atoms with Gasteiger partial charge in [-0.05, 0) is 122 Å². The number of fused-ring (bicyclic) bond motifs is 10. The monoisotopic (exact) mass is 825 g/mol. The van der Waals surface area contributed by atoms with Crippen molar-refractivity contribution >= 4 is 37.7 Å². The summed E-state index contributed by atoms with van der Waals surface area (Å²) in [7, 11) is 0. The largest absolute Gasteiger partial charge is 0.309 e. The molecule has 0 aliphatic heterocycles. The van der Waals surface area contributed by atoms with Crippen LogP contribution in [-0.2, 0) is 30.1 Å². The lowest BCUT2D eigenvalue weighted by Gasteiger charge is -2.35. The Kier molecular flexibility index (Phi) is 9.30. The molecule has 9 aromatic rings. The second kappa shape index (κ2) is 14.7. The molecular formula is C57H48BrN. The maximum atomic E-state index is 3.58. The average Bonchev–Trinajstić information content (AvgIpc) is 3.81. The fourth-order valence-corrected chi connectivity index (χ4v) is 10.6. The molecule has 0 unspecified atom stereocenters. The minimum absolute atomic E-state index is 0.00104. The van der Waals surface area contributed by atoms with Crippen molar-refractivity contribution in [2.24, 2.45) is 0 Å². The summed E-state index contributed by atoms with van der Waals surface area (Å²) in [5, 5.41) is 2.62. The number of benzene rings is 8. The molecule has 0 fully saturated rings. The minimum atomic E-state index is -0.00104. The molecule has 1 aromatic heterocycles. The lowest BCUT2D eigenvalue weighted by atomic mass is 9.69. The van der Waals surface area contributed by atoms with E-state index in [2.05, 4.69) is 230 Å². The fraction of sp³-hybridized carbons (Fsp3) is 0.158. The van der Waals surface area contributed by atoms with E-state index in [0.717, 1.165) is 19.3 Å². The third-order valence-electron chi connectivity index (χ3n) is 13.2. The zero-order chi connectivity index (χ0) is 40.3. The lowest BCUT2D eigenvalue weighted by molar-refractivity contribution is 0.610. The van der Waals surface area contributed by atoms with Crippen LogP contribution in [0.1, 0.15) is 83.3 Å². The Morgan fingerprint density at radius 3 is 1.31 bits per heavy atom. The van der Waals surface area contributed by atoms with Gasteiger partial charge in [0.25, 0.3) is 0 Å². The molecular weight excluding hydrogens is 779 g/mol. The van der Waals surface area contributed by atoms with Crippen molar-refractivity contribution in [1.82, 2.24) is 4.57 Å². The van der Waals surface area contributed by atoms with E-state index in [0.29, 0.717) is 0 Å². The van der Waals surface area contributed by atoms with Crippen molar-refractivity contribution in [3.05, 3.63) is 242 Å². The molecule has 2 heteroatoms. The van der Waals surface area contributed by atoms with Gasteiger partial charge in [0.05, 0.1) is 11.0 Å². The van der Waals surface area contributed by atoms with Crippen LogP contribution in [0.15, 0.2) is 186 Å². The van der Waals surface area contributed by atoms with Crippen LogP contribution in [-0.4, -0.2) is 4.57 Å². The predicted molar refractivity (Wildman–Crippen MR) is 252 cm³/mol. The molecule has 0 saturated carbocycles. The van der Waals surface area contributed by atoms with Gasteiger partial charge in [-0.15, -0.1) is 0 Å². The Bertz CT molecular complexity index is 2950. The van der Waals surface area contributed by atoms with E-state index in [1.807, 2.05) is 0 Å². The third kappa shape index (κ3) is 6.46. The van der Waals surface area contributed by atoms with Gasteiger partial charge in [0.15, 0.2) is 0 Å². The number of rotatable bonds is 1. The Balaban J connectivity index is 0.000000118. The molecule has 0 radical (unpaired) electrons. The molecule has 0 saturated heterocycles. The molecule has 0 N–H and O–H groups in total. The maximum Gasteiger partial charge on any atom is 0.0541 e. The summed E-state index contributed by atoms with van der Waals surface area (Å²) < 4.78 is 3.59. The molecule has 1 nitrogen and oxygen atoms in total. The van der Waals surface area contributed by atoms with Crippen LogP contribution in [0.4, 0.5) is 0 Å². The molecule has 288 valence electrons. The zero-order valence-electron chi connectivity index (χ0n) is 34.3. The van der Waals surface area contributed by atoms with E-state index < -0.39 is 0 Å². The van der Waals surface area contributed by atoms with Gasteiger partial charge in [-0.2, -0.15) is 0 Å². The molecule has 0 spiro atoms. The number of hydrogen-bond acceptors (Lipinski definition) is 0. The summed E-state index contributed by atoms with van der Waals surface area (Å²) in [4.78, 5) is 0.